The zero-order valence-corrected chi connectivity index (χ0v) is 11.7. The third kappa shape index (κ3) is 3.09. The Bertz CT molecular complexity index is 686. The van der Waals surface area contributed by atoms with Crippen molar-refractivity contribution in [1.82, 2.24) is 9.36 Å². The molecule has 0 saturated heterocycles. The number of nitrogens with two attached hydrogens (primary N) is 1. The van der Waals surface area contributed by atoms with Gasteiger partial charge in [0.2, 0.25) is 0 Å². The van der Waals surface area contributed by atoms with Crippen LogP contribution in [0.4, 0.5) is 0 Å². The van der Waals surface area contributed by atoms with Gasteiger partial charge in [0.25, 0.3) is 5.19 Å². The van der Waals surface area contributed by atoms with Gasteiger partial charge in [0.05, 0.1) is 5.56 Å². The fraction of sp³-hybridized carbons (Fsp3) is 0.167. The van der Waals surface area contributed by atoms with E-state index in [-0.39, 0.29) is 17.3 Å². The van der Waals surface area contributed by atoms with Crippen LogP contribution in [0.25, 0.3) is 0 Å². The zero-order chi connectivity index (χ0) is 15.2. The SMILES string of the molecule is [2H]c1nsc(Oc2ccccc2/C(=N\OC)C(N)=NC)n1. The van der Waals surface area contributed by atoms with Crippen LogP contribution in [0.15, 0.2) is 40.7 Å². The smallest absolute Gasteiger partial charge is 0.298 e. The summed E-state index contributed by atoms with van der Waals surface area (Å²) >= 11 is 0.989. The van der Waals surface area contributed by atoms with Gasteiger partial charge in [-0.3, -0.25) is 4.99 Å². The molecule has 20 heavy (non-hydrogen) atoms. The van der Waals surface area contributed by atoms with E-state index >= 15 is 0 Å². The largest absolute Gasteiger partial charge is 0.429 e. The Morgan fingerprint density at radius 2 is 2.25 bits per heavy atom. The summed E-state index contributed by atoms with van der Waals surface area (Å²) < 4.78 is 16.7. The maximum atomic E-state index is 7.31. The number of ether oxygens (including phenoxy) is 1. The first-order valence-electron chi connectivity index (χ1n) is 6.07. The lowest BCUT2D eigenvalue weighted by molar-refractivity contribution is 0.214. The van der Waals surface area contributed by atoms with Gasteiger partial charge in [-0.15, -0.1) is 0 Å². The van der Waals surface area contributed by atoms with E-state index in [0.717, 1.165) is 11.5 Å². The van der Waals surface area contributed by atoms with E-state index in [2.05, 4.69) is 19.5 Å². The summed E-state index contributed by atoms with van der Waals surface area (Å²) in [5, 5.41) is 4.14. The molecule has 7 nitrogen and oxygen atoms in total. The van der Waals surface area contributed by atoms with Crippen molar-refractivity contribution in [2.24, 2.45) is 15.9 Å². The monoisotopic (exact) mass is 292 g/mol. The normalized spacial score (nSPS) is 13.0. The average molecular weight is 292 g/mol. The number of hydrogen-bond donors (Lipinski definition) is 1. The van der Waals surface area contributed by atoms with E-state index in [9.17, 15) is 0 Å². The Kier molecular flexibility index (Phi) is 4.15. The van der Waals surface area contributed by atoms with Crippen molar-refractivity contribution in [3.63, 3.8) is 0 Å². The summed E-state index contributed by atoms with van der Waals surface area (Å²) in [6, 6.07) is 7.11. The predicted octanol–water partition coefficient (Wildman–Crippen LogP) is 1.67. The van der Waals surface area contributed by atoms with Crippen LogP contribution in [0.1, 0.15) is 6.93 Å². The van der Waals surface area contributed by atoms with Gasteiger partial charge in [-0.25, -0.2) is 0 Å². The fourth-order valence-corrected chi connectivity index (χ4v) is 1.83. The first-order chi connectivity index (χ1) is 10.2. The lowest BCUT2D eigenvalue weighted by Crippen LogP contribution is -2.25. The van der Waals surface area contributed by atoms with Crippen LogP contribution >= 0.6 is 11.5 Å². The molecule has 2 N–H and O–H groups in total. The van der Waals surface area contributed by atoms with Crippen LogP contribution < -0.4 is 10.5 Å². The average Bonchev–Trinajstić information content (AvgIpc) is 2.90. The number of oxime groups is 1. The molecular weight excluding hydrogens is 278 g/mol. The van der Waals surface area contributed by atoms with Crippen molar-refractivity contribution in [3.8, 4) is 10.9 Å². The number of aliphatic imine (C=N–C) groups is 1. The van der Waals surface area contributed by atoms with Crippen molar-refractivity contribution in [1.29, 1.82) is 0 Å². The summed E-state index contributed by atoms with van der Waals surface area (Å²) in [7, 11) is 2.98. The second kappa shape index (κ2) is 6.62. The van der Waals surface area contributed by atoms with Crippen molar-refractivity contribution >= 4 is 23.1 Å². The minimum atomic E-state index is -0.0899. The van der Waals surface area contributed by atoms with Crippen molar-refractivity contribution < 1.29 is 10.9 Å². The van der Waals surface area contributed by atoms with Gasteiger partial charge in [0.1, 0.15) is 26.4 Å². The van der Waals surface area contributed by atoms with Gasteiger partial charge in [-0.05, 0) is 12.1 Å². The summed E-state index contributed by atoms with van der Waals surface area (Å²) in [6.07, 6.45) is -0.0899. The number of para-hydroxylation sites is 1. The molecule has 8 heteroatoms. The lowest BCUT2D eigenvalue weighted by Gasteiger charge is -2.10. The molecular formula is C12H13N5O2S. The predicted molar refractivity (Wildman–Crippen MR) is 77.5 cm³/mol. The van der Waals surface area contributed by atoms with Gasteiger partial charge in [-0.2, -0.15) is 9.36 Å². The molecule has 104 valence electrons. The van der Waals surface area contributed by atoms with E-state index in [1.165, 1.54) is 7.11 Å². The highest BCUT2D eigenvalue weighted by molar-refractivity contribution is 7.07. The zero-order valence-electron chi connectivity index (χ0n) is 11.9. The van der Waals surface area contributed by atoms with Crippen LogP contribution in [-0.2, 0) is 4.84 Å². The summed E-state index contributed by atoms with van der Waals surface area (Å²) in [5.41, 5.74) is 6.78. The standard InChI is InChI=1S/C12H13N5O2S/c1-14-11(13)10(17-18-2)8-5-3-4-6-9(8)19-12-15-7-16-20-12/h3-7H,1-2H3,(H2,13,14)/b17-10+/i7D. The molecule has 0 bridgehead atoms. The molecule has 2 aromatic rings. The van der Waals surface area contributed by atoms with Gasteiger partial charge < -0.3 is 15.3 Å². The van der Waals surface area contributed by atoms with Crippen LogP contribution in [0.3, 0.4) is 0 Å². The van der Waals surface area contributed by atoms with E-state index in [0.29, 0.717) is 17.0 Å². The van der Waals surface area contributed by atoms with Crippen molar-refractivity contribution in [2.75, 3.05) is 14.2 Å². The first-order valence-corrected chi connectivity index (χ1v) is 6.34. The molecule has 0 radical (unpaired) electrons. The van der Waals surface area contributed by atoms with Crippen LogP contribution in [-0.4, -0.2) is 35.1 Å². The molecule has 0 aliphatic rings. The summed E-state index contributed by atoms with van der Waals surface area (Å²) in [5.74, 6) is 0.683. The second-order valence-corrected chi connectivity index (χ2v) is 4.20. The third-order valence-corrected chi connectivity index (χ3v) is 2.82. The molecule has 0 aliphatic carbocycles. The Labute approximate surface area is 121 Å². The number of nitrogens with zero attached hydrogens (tertiary/aromatic N) is 4. The molecule has 0 spiro atoms. The van der Waals surface area contributed by atoms with E-state index in [4.69, 9.17) is 16.7 Å². The quantitative estimate of drug-likeness (QED) is 0.514. The van der Waals surface area contributed by atoms with Crippen LogP contribution in [0, 0.1) is 0 Å². The van der Waals surface area contributed by atoms with Gasteiger partial charge in [0, 0.05) is 18.6 Å². The molecule has 0 unspecified atom stereocenters. The fourth-order valence-electron chi connectivity index (χ4n) is 1.46. The highest BCUT2D eigenvalue weighted by Crippen LogP contribution is 2.26. The molecule has 0 fully saturated rings. The molecule has 1 heterocycles. The third-order valence-electron chi connectivity index (χ3n) is 2.31. The van der Waals surface area contributed by atoms with Gasteiger partial charge in [-0.1, -0.05) is 17.3 Å². The molecule has 1 aromatic heterocycles. The molecule has 0 amide bonds. The number of aromatic nitrogens is 2. The Morgan fingerprint density at radius 3 is 2.90 bits per heavy atom. The molecule has 0 saturated carbocycles. The Hall–Kier alpha value is -2.48. The Balaban J connectivity index is 2.42. The van der Waals surface area contributed by atoms with Crippen molar-refractivity contribution in [2.45, 2.75) is 0 Å². The molecule has 2 rings (SSSR count). The maximum absolute atomic E-state index is 7.31. The lowest BCUT2D eigenvalue weighted by atomic mass is 10.1. The number of rotatable bonds is 5. The highest BCUT2D eigenvalue weighted by Gasteiger charge is 2.16. The van der Waals surface area contributed by atoms with E-state index in [1.807, 2.05) is 6.07 Å². The molecule has 0 atom stereocenters. The van der Waals surface area contributed by atoms with Crippen molar-refractivity contribution in [3.05, 3.63) is 36.1 Å². The number of benzene rings is 1. The van der Waals surface area contributed by atoms with Crippen LogP contribution in [0.5, 0.6) is 10.9 Å². The summed E-state index contributed by atoms with van der Waals surface area (Å²) in [4.78, 5) is 12.6. The number of amidine groups is 1. The second-order valence-electron chi connectivity index (χ2n) is 3.49. The van der Waals surface area contributed by atoms with Crippen LogP contribution in [0.2, 0.25) is 0 Å². The van der Waals surface area contributed by atoms with E-state index in [1.54, 1.807) is 25.2 Å². The Morgan fingerprint density at radius 1 is 1.45 bits per heavy atom. The topological polar surface area (TPSA) is 95.0 Å². The minimum Gasteiger partial charge on any atom is -0.429 e. The number of hydrogen-bond acceptors (Lipinski definition) is 7. The van der Waals surface area contributed by atoms with Gasteiger partial charge >= 0.3 is 0 Å². The maximum Gasteiger partial charge on any atom is 0.298 e. The summed E-state index contributed by atoms with van der Waals surface area (Å²) in [6.45, 7) is 0. The molecule has 0 aliphatic heterocycles. The highest BCUT2D eigenvalue weighted by atomic mass is 32.1. The molecule has 1 aromatic carbocycles. The van der Waals surface area contributed by atoms with E-state index < -0.39 is 0 Å². The minimum absolute atomic E-state index is 0.0899. The van der Waals surface area contributed by atoms with Gasteiger partial charge in [0.15, 0.2) is 5.71 Å². The first kappa shape index (κ1) is 12.5.